The summed E-state index contributed by atoms with van der Waals surface area (Å²) >= 11 is 0. The summed E-state index contributed by atoms with van der Waals surface area (Å²) in [7, 11) is 0. The molecule has 0 unspecified atom stereocenters. The van der Waals surface area contributed by atoms with Gasteiger partial charge in [0.15, 0.2) is 0 Å². The molecule has 0 spiro atoms. The standard InChI is InChI=1S/C19H16N2O/c1-11-5-15-17(7-13(11)3)22-18-8-14(4)12(2)6-16(18)19(15,9-20)10-21/h5-8H,1-4H3. The summed E-state index contributed by atoms with van der Waals surface area (Å²) in [6.07, 6.45) is 0. The molecule has 108 valence electrons. The lowest BCUT2D eigenvalue weighted by Gasteiger charge is -2.31. The number of aryl methyl sites for hydroxylation is 4. The second-order valence-corrected chi connectivity index (χ2v) is 5.94. The fraction of sp³-hybridized carbons (Fsp3) is 0.263. The van der Waals surface area contributed by atoms with Gasteiger partial charge in [-0.25, -0.2) is 0 Å². The Morgan fingerprint density at radius 1 is 0.727 bits per heavy atom. The van der Waals surface area contributed by atoms with Gasteiger partial charge in [-0.1, -0.05) is 0 Å². The van der Waals surface area contributed by atoms with Crippen LogP contribution in [0.15, 0.2) is 24.3 Å². The van der Waals surface area contributed by atoms with Crippen molar-refractivity contribution < 1.29 is 4.74 Å². The maximum absolute atomic E-state index is 9.83. The smallest absolute Gasteiger partial charge is 0.200 e. The lowest BCUT2D eigenvalue weighted by atomic mass is 9.73. The van der Waals surface area contributed by atoms with Gasteiger partial charge in [-0.2, -0.15) is 10.5 Å². The van der Waals surface area contributed by atoms with Gasteiger partial charge in [-0.3, -0.25) is 0 Å². The van der Waals surface area contributed by atoms with Crippen LogP contribution in [0.3, 0.4) is 0 Å². The molecule has 3 nitrogen and oxygen atoms in total. The summed E-state index contributed by atoms with van der Waals surface area (Å²) in [4.78, 5) is 0. The van der Waals surface area contributed by atoms with Crippen LogP contribution in [-0.2, 0) is 5.41 Å². The molecule has 0 bridgehead atoms. The summed E-state index contributed by atoms with van der Waals surface area (Å²) in [5.41, 5.74) is 4.20. The number of benzene rings is 2. The molecule has 0 atom stereocenters. The number of ether oxygens (including phenoxy) is 1. The normalized spacial score (nSPS) is 14.1. The molecule has 2 aromatic carbocycles. The number of hydrogen-bond acceptors (Lipinski definition) is 3. The van der Waals surface area contributed by atoms with E-state index < -0.39 is 5.41 Å². The number of hydrogen-bond donors (Lipinski definition) is 0. The highest BCUT2D eigenvalue weighted by molar-refractivity contribution is 5.67. The zero-order chi connectivity index (χ0) is 16.1. The lowest BCUT2D eigenvalue weighted by Crippen LogP contribution is -2.28. The monoisotopic (exact) mass is 288 g/mol. The third-order valence-corrected chi connectivity index (χ3v) is 4.56. The lowest BCUT2D eigenvalue weighted by molar-refractivity contribution is 0.442. The second-order valence-electron chi connectivity index (χ2n) is 5.94. The van der Waals surface area contributed by atoms with Crippen LogP contribution in [0.2, 0.25) is 0 Å². The Kier molecular flexibility index (Phi) is 2.97. The van der Waals surface area contributed by atoms with Crippen molar-refractivity contribution in [2.24, 2.45) is 0 Å². The van der Waals surface area contributed by atoms with Gasteiger partial charge < -0.3 is 4.74 Å². The first-order valence-electron chi connectivity index (χ1n) is 7.16. The van der Waals surface area contributed by atoms with Crippen molar-refractivity contribution in [3.8, 4) is 23.6 Å². The Balaban J connectivity index is 2.41. The average molecular weight is 288 g/mol. The number of rotatable bonds is 0. The third-order valence-electron chi connectivity index (χ3n) is 4.56. The molecule has 2 aromatic rings. The van der Waals surface area contributed by atoms with Gasteiger partial charge in [0.25, 0.3) is 0 Å². The zero-order valence-electron chi connectivity index (χ0n) is 13.1. The molecule has 22 heavy (non-hydrogen) atoms. The predicted octanol–water partition coefficient (Wildman–Crippen LogP) is 4.36. The number of nitrogens with zero attached hydrogens (tertiary/aromatic N) is 2. The van der Waals surface area contributed by atoms with Gasteiger partial charge in [-0.05, 0) is 74.2 Å². The van der Waals surface area contributed by atoms with Crippen LogP contribution in [0, 0.1) is 50.4 Å². The zero-order valence-corrected chi connectivity index (χ0v) is 13.1. The highest BCUT2D eigenvalue weighted by Gasteiger charge is 2.44. The van der Waals surface area contributed by atoms with Gasteiger partial charge >= 0.3 is 0 Å². The summed E-state index contributed by atoms with van der Waals surface area (Å²) in [5, 5.41) is 19.7. The highest BCUT2D eigenvalue weighted by atomic mass is 16.5. The average Bonchev–Trinajstić information content (AvgIpc) is 2.49. The highest BCUT2D eigenvalue weighted by Crippen LogP contribution is 2.49. The minimum absolute atomic E-state index is 0.599. The van der Waals surface area contributed by atoms with E-state index in [0.29, 0.717) is 22.6 Å². The minimum atomic E-state index is -1.32. The molecule has 3 heteroatoms. The molecule has 1 aliphatic rings. The molecule has 0 N–H and O–H groups in total. The Hall–Kier alpha value is -2.78. The van der Waals surface area contributed by atoms with E-state index in [1.807, 2.05) is 52.0 Å². The molecule has 0 saturated heterocycles. The first kappa shape index (κ1) is 14.2. The van der Waals surface area contributed by atoms with Crippen molar-refractivity contribution in [3.63, 3.8) is 0 Å². The van der Waals surface area contributed by atoms with Crippen molar-refractivity contribution in [2.75, 3.05) is 0 Å². The van der Waals surface area contributed by atoms with E-state index in [1.54, 1.807) is 0 Å². The van der Waals surface area contributed by atoms with E-state index in [4.69, 9.17) is 4.74 Å². The van der Waals surface area contributed by atoms with Crippen molar-refractivity contribution in [2.45, 2.75) is 33.1 Å². The van der Waals surface area contributed by atoms with Gasteiger partial charge in [0, 0.05) is 11.1 Å². The topological polar surface area (TPSA) is 56.8 Å². The van der Waals surface area contributed by atoms with Crippen LogP contribution in [0.5, 0.6) is 11.5 Å². The molecule has 0 saturated carbocycles. The van der Waals surface area contributed by atoms with E-state index in [0.717, 1.165) is 22.3 Å². The van der Waals surface area contributed by atoms with Gasteiger partial charge in [0.05, 0.1) is 12.1 Å². The van der Waals surface area contributed by atoms with Crippen LogP contribution in [-0.4, -0.2) is 0 Å². The predicted molar refractivity (Wildman–Crippen MR) is 83.9 cm³/mol. The second kappa shape index (κ2) is 4.61. The molecule has 0 aromatic heterocycles. The van der Waals surface area contributed by atoms with E-state index in [-0.39, 0.29) is 0 Å². The fourth-order valence-corrected chi connectivity index (χ4v) is 2.86. The minimum Gasteiger partial charge on any atom is -0.457 e. The van der Waals surface area contributed by atoms with Crippen LogP contribution >= 0.6 is 0 Å². The fourth-order valence-electron chi connectivity index (χ4n) is 2.86. The van der Waals surface area contributed by atoms with Crippen LogP contribution in [0.1, 0.15) is 33.4 Å². The van der Waals surface area contributed by atoms with E-state index in [9.17, 15) is 10.5 Å². The molecular formula is C19H16N2O. The van der Waals surface area contributed by atoms with Crippen LogP contribution < -0.4 is 4.74 Å². The Labute approximate surface area is 130 Å². The molecule has 0 fully saturated rings. The quantitative estimate of drug-likeness (QED) is 0.723. The Bertz CT molecular complexity index is 808. The summed E-state index contributed by atoms with van der Waals surface area (Å²) < 4.78 is 6.01. The molecule has 3 rings (SSSR count). The summed E-state index contributed by atoms with van der Waals surface area (Å²) in [6, 6.07) is 12.1. The molecule has 1 aliphatic heterocycles. The largest absolute Gasteiger partial charge is 0.457 e. The van der Waals surface area contributed by atoms with E-state index >= 15 is 0 Å². The molecule has 1 heterocycles. The molecule has 0 amide bonds. The molecule has 0 aliphatic carbocycles. The number of fused-ring (bicyclic) bond motifs is 2. The van der Waals surface area contributed by atoms with Crippen molar-refractivity contribution >= 4 is 0 Å². The van der Waals surface area contributed by atoms with Crippen LogP contribution in [0.4, 0.5) is 0 Å². The van der Waals surface area contributed by atoms with Gasteiger partial charge in [0.2, 0.25) is 5.41 Å². The summed E-state index contributed by atoms with van der Waals surface area (Å²) in [5.74, 6) is 1.20. The van der Waals surface area contributed by atoms with Crippen molar-refractivity contribution in [1.29, 1.82) is 10.5 Å². The van der Waals surface area contributed by atoms with E-state index in [2.05, 4.69) is 12.1 Å². The third kappa shape index (κ3) is 1.73. The van der Waals surface area contributed by atoms with Crippen molar-refractivity contribution in [1.82, 2.24) is 0 Å². The maximum Gasteiger partial charge on any atom is 0.200 e. The summed E-state index contributed by atoms with van der Waals surface area (Å²) in [6.45, 7) is 7.95. The molecular weight excluding hydrogens is 272 g/mol. The van der Waals surface area contributed by atoms with Gasteiger partial charge in [-0.15, -0.1) is 0 Å². The SMILES string of the molecule is Cc1cc2c(cc1C)C(C#N)(C#N)c1cc(C)c(C)cc1O2. The molecule has 0 radical (unpaired) electrons. The Morgan fingerprint density at radius 3 is 1.45 bits per heavy atom. The van der Waals surface area contributed by atoms with Crippen LogP contribution in [0.25, 0.3) is 0 Å². The van der Waals surface area contributed by atoms with E-state index in [1.165, 1.54) is 0 Å². The Morgan fingerprint density at radius 2 is 1.09 bits per heavy atom. The van der Waals surface area contributed by atoms with Gasteiger partial charge in [0.1, 0.15) is 11.5 Å². The number of nitriles is 2. The first-order chi connectivity index (χ1) is 10.4. The maximum atomic E-state index is 9.83. The van der Waals surface area contributed by atoms with Crippen molar-refractivity contribution in [3.05, 3.63) is 57.6 Å². The first-order valence-corrected chi connectivity index (χ1v) is 7.16.